The van der Waals surface area contributed by atoms with Crippen LogP contribution >= 0.6 is 15.9 Å². The van der Waals surface area contributed by atoms with Gasteiger partial charge in [0.2, 0.25) is 0 Å². The lowest BCUT2D eigenvalue weighted by molar-refractivity contribution is 0.0778. The molecule has 0 spiro atoms. The molecule has 2 rings (SSSR count). The first-order valence-electron chi connectivity index (χ1n) is 6.40. The fourth-order valence-corrected chi connectivity index (χ4v) is 3.35. The minimum Gasteiger partial charge on any atom is -0.292 e. The molecule has 0 bridgehead atoms. The summed E-state index contributed by atoms with van der Waals surface area (Å²) in [4.78, 5) is 12.8. The quantitative estimate of drug-likeness (QED) is 0.792. The molecule has 1 heterocycles. The number of hydrogen-bond donors (Lipinski definition) is 0. The highest BCUT2D eigenvalue weighted by molar-refractivity contribution is 9.10. The van der Waals surface area contributed by atoms with E-state index in [-0.39, 0.29) is 11.2 Å². The molecule has 1 aromatic rings. The van der Waals surface area contributed by atoms with Crippen LogP contribution in [0.4, 0.5) is 0 Å². The van der Waals surface area contributed by atoms with Crippen molar-refractivity contribution >= 4 is 21.7 Å². The normalized spacial score (nSPS) is 18.5. The van der Waals surface area contributed by atoms with Crippen molar-refractivity contribution in [1.82, 2.24) is 9.78 Å². The Balaban J connectivity index is 2.38. The highest BCUT2D eigenvalue weighted by atomic mass is 79.9. The van der Waals surface area contributed by atoms with Crippen LogP contribution in [0.3, 0.4) is 0 Å². The first-order chi connectivity index (χ1) is 8.14. The largest absolute Gasteiger partial charge is 0.292 e. The average Bonchev–Trinajstić information content (AvgIpc) is 2.95. The Morgan fingerprint density at radius 3 is 2.65 bits per heavy atom. The molecule has 1 aromatic heterocycles. The molecule has 17 heavy (non-hydrogen) atoms. The topological polar surface area (TPSA) is 34.9 Å². The molecule has 0 radical (unpaired) electrons. The van der Waals surface area contributed by atoms with Gasteiger partial charge in [-0.25, -0.2) is 0 Å². The minimum atomic E-state index is -0.129. The lowest BCUT2D eigenvalue weighted by Gasteiger charge is -2.26. The molecule has 0 N–H and O–H groups in total. The Morgan fingerprint density at radius 2 is 2.12 bits per heavy atom. The van der Waals surface area contributed by atoms with E-state index < -0.39 is 0 Å². The Kier molecular flexibility index (Phi) is 3.71. The maximum Gasteiger partial charge on any atom is 0.188 e. The van der Waals surface area contributed by atoms with Gasteiger partial charge in [-0.1, -0.05) is 19.8 Å². The fraction of sp³-hybridized carbons (Fsp3) is 0.692. The molecule has 1 aliphatic carbocycles. The van der Waals surface area contributed by atoms with E-state index in [0.717, 1.165) is 36.0 Å². The third kappa shape index (κ3) is 2.07. The Labute approximate surface area is 111 Å². The molecular weight excluding hydrogens is 280 g/mol. The summed E-state index contributed by atoms with van der Waals surface area (Å²) < 4.78 is 2.64. The standard InChI is InChI=1S/C13H19BrN2O/c1-3-13(7-5-6-8-13)12(17)11-10(14)9-15-16(11)4-2/h9H,3-8H2,1-2H3. The van der Waals surface area contributed by atoms with Crippen molar-refractivity contribution in [2.45, 2.75) is 52.5 Å². The molecule has 1 fully saturated rings. The zero-order valence-electron chi connectivity index (χ0n) is 10.5. The second-order valence-corrected chi connectivity index (χ2v) is 5.68. The zero-order valence-corrected chi connectivity index (χ0v) is 12.1. The van der Waals surface area contributed by atoms with Gasteiger partial charge < -0.3 is 0 Å². The van der Waals surface area contributed by atoms with Gasteiger partial charge in [0.15, 0.2) is 5.78 Å². The monoisotopic (exact) mass is 298 g/mol. The van der Waals surface area contributed by atoms with Gasteiger partial charge in [0.05, 0.1) is 10.7 Å². The second-order valence-electron chi connectivity index (χ2n) is 4.83. The van der Waals surface area contributed by atoms with E-state index >= 15 is 0 Å². The summed E-state index contributed by atoms with van der Waals surface area (Å²) in [6.45, 7) is 4.89. The highest BCUT2D eigenvalue weighted by Crippen LogP contribution is 2.44. The number of ketones is 1. The van der Waals surface area contributed by atoms with Gasteiger partial charge >= 0.3 is 0 Å². The third-order valence-corrected chi connectivity index (χ3v) is 4.61. The van der Waals surface area contributed by atoms with Crippen LogP contribution in [0.15, 0.2) is 10.7 Å². The third-order valence-electron chi connectivity index (χ3n) is 4.03. The molecule has 0 atom stereocenters. The number of hydrogen-bond acceptors (Lipinski definition) is 2. The molecule has 0 saturated heterocycles. The zero-order chi connectivity index (χ0) is 12.5. The van der Waals surface area contributed by atoms with E-state index in [9.17, 15) is 4.79 Å². The number of halogens is 1. The molecule has 1 aliphatic rings. The Bertz CT molecular complexity index is 419. The lowest BCUT2D eigenvalue weighted by Crippen LogP contribution is -2.29. The van der Waals surface area contributed by atoms with Crippen LogP contribution in [0.25, 0.3) is 0 Å². The van der Waals surface area contributed by atoms with Crippen molar-refractivity contribution in [3.8, 4) is 0 Å². The van der Waals surface area contributed by atoms with Gasteiger partial charge in [0, 0.05) is 12.0 Å². The molecular formula is C13H19BrN2O. The van der Waals surface area contributed by atoms with Gasteiger partial charge in [-0.2, -0.15) is 5.10 Å². The summed E-state index contributed by atoms with van der Waals surface area (Å²) in [6, 6.07) is 0. The highest BCUT2D eigenvalue weighted by Gasteiger charge is 2.41. The number of Topliss-reactive ketones (excluding diaryl/α,β-unsaturated/α-hetero) is 1. The van der Waals surface area contributed by atoms with Gasteiger partial charge in [0.25, 0.3) is 0 Å². The lowest BCUT2D eigenvalue weighted by atomic mass is 9.78. The van der Waals surface area contributed by atoms with Crippen LogP contribution in [-0.4, -0.2) is 15.6 Å². The van der Waals surface area contributed by atoms with Crippen molar-refractivity contribution in [3.63, 3.8) is 0 Å². The predicted molar refractivity (Wildman–Crippen MR) is 71.1 cm³/mol. The molecule has 94 valence electrons. The molecule has 3 nitrogen and oxygen atoms in total. The van der Waals surface area contributed by atoms with Crippen LogP contribution in [0.2, 0.25) is 0 Å². The maximum absolute atomic E-state index is 12.8. The van der Waals surface area contributed by atoms with Gasteiger partial charge in [-0.15, -0.1) is 0 Å². The van der Waals surface area contributed by atoms with Crippen LogP contribution < -0.4 is 0 Å². The Hall–Kier alpha value is -0.640. The Morgan fingerprint density at radius 1 is 1.47 bits per heavy atom. The van der Waals surface area contributed by atoms with Crippen LogP contribution in [0.1, 0.15) is 56.4 Å². The maximum atomic E-state index is 12.8. The first-order valence-corrected chi connectivity index (χ1v) is 7.20. The van der Waals surface area contributed by atoms with Crippen LogP contribution in [0.5, 0.6) is 0 Å². The smallest absolute Gasteiger partial charge is 0.188 e. The summed E-state index contributed by atoms with van der Waals surface area (Å²) in [5.41, 5.74) is 0.631. The number of carbonyl (C=O) groups is 1. The SMILES string of the molecule is CCn1ncc(Br)c1C(=O)C1(CC)CCCC1. The first kappa shape index (κ1) is 12.8. The van der Waals surface area contributed by atoms with Gasteiger partial charge in [-0.3, -0.25) is 9.48 Å². The van der Waals surface area contributed by atoms with E-state index in [1.807, 2.05) is 11.6 Å². The van der Waals surface area contributed by atoms with Crippen molar-refractivity contribution in [2.75, 3.05) is 0 Å². The van der Waals surface area contributed by atoms with Crippen molar-refractivity contribution < 1.29 is 4.79 Å². The van der Waals surface area contributed by atoms with Crippen molar-refractivity contribution in [1.29, 1.82) is 0 Å². The number of rotatable bonds is 4. The molecule has 1 saturated carbocycles. The summed E-state index contributed by atoms with van der Waals surface area (Å²) in [6.07, 6.45) is 7.09. The fourth-order valence-electron chi connectivity index (χ4n) is 2.87. The summed E-state index contributed by atoms with van der Waals surface area (Å²) in [5, 5.41) is 4.24. The average molecular weight is 299 g/mol. The van der Waals surface area contributed by atoms with Gasteiger partial charge in [-0.05, 0) is 42.1 Å². The van der Waals surface area contributed by atoms with E-state index in [0.29, 0.717) is 0 Å². The molecule has 4 heteroatoms. The molecule has 0 aliphatic heterocycles. The summed E-state index contributed by atoms with van der Waals surface area (Å²) >= 11 is 3.45. The molecule has 0 aromatic carbocycles. The second kappa shape index (κ2) is 4.92. The molecule has 0 amide bonds. The number of aryl methyl sites for hydroxylation is 1. The number of aromatic nitrogens is 2. The predicted octanol–water partition coefficient (Wildman–Crippen LogP) is 3.82. The van der Waals surface area contributed by atoms with Crippen LogP contribution in [0, 0.1) is 5.41 Å². The summed E-state index contributed by atoms with van der Waals surface area (Å²) in [5.74, 6) is 0.281. The van der Waals surface area contributed by atoms with Crippen LogP contribution in [-0.2, 0) is 6.54 Å². The van der Waals surface area contributed by atoms with Gasteiger partial charge in [0.1, 0.15) is 5.69 Å². The minimum absolute atomic E-state index is 0.129. The number of carbonyl (C=O) groups excluding carboxylic acids is 1. The van der Waals surface area contributed by atoms with E-state index in [4.69, 9.17) is 0 Å². The summed E-state index contributed by atoms with van der Waals surface area (Å²) in [7, 11) is 0. The van der Waals surface area contributed by atoms with E-state index in [1.165, 1.54) is 12.8 Å². The number of nitrogens with zero attached hydrogens (tertiary/aromatic N) is 2. The van der Waals surface area contributed by atoms with Crippen molar-refractivity contribution in [3.05, 3.63) is 16.4 Å². The molecule has 0 unspecified atom stereocenters. The van der Waals surface area contributed by atoms with Crippen molar-refractivity contribution in [2.24, 2.45) is 5.41 Å². The van der Waals surface area contributed by atoms with E-state index in [1.54, 1.807) is 6.20 Å². The van der Waals surface area contributed by atoms with E-state index in [2.05, 4.69) is 28.0 Å².